The second kappa shape index (κ2) is 6.66. The van der Waals surface area contributed by atoms with E-state index in [-0.39, 0.29) is 0 Å². The average Bonchev–Trinajstić information content (AvgIpc) is 2.40. The first-order chi connectivity index (χ1) is 9.24. The van der Waals surface area contributed by atoms with Crippen LogP contribution < -0.4 is 10.6 Å². The van der Waals surface area contributed by atoms with Gasteiger partial charge in [0.25, 0.3) is 0 Å². The molecule has 0 aliphatic carbocycles. The lowest BCUT2D eigenvalue weighted by Gasteiger charge is -2.10. The van der Waals surface area contributed by atoms with E-state index in [9.17, 15) is 0 Å². The van der Waals surface area contributed by atoms with Crippen molar-refractivity contribution in [3.05, 3.63) is 60.7 Å². The molecule has 2 rings (SSSR count). The molecule has 0 atom stereocenters. The third-order valence-corrected chi connectivity index (χ3v) is 2.71. The fourth-order valence-electron chi connectivity index (χ4n) is 1.63. The Hall–Kier alpha value is -2.20. The summed E-state index contributed by atoms with van der Waals surface area (Å²) in [6, 6.07) is 19.4. The predicted octanol–water partition coefficient (Wildman–Crippen LogP) is 3.91. The fraction of sp³-hybridized carbons (Fsp3) is 0.0667. The zero-order valence-electron chi connectivity index (χ0n) is 10.4. The van der Waals surface area contributed by atoms with E-state index >= 15 is 0 Å². The minimum atomic E-state index is 0.375. The molecule has 0 spiro atoms. The van der Waals surface area contributed by atoms with Crippen LogP contribution in [0.2, 0.25) is 0 Å². The highest BCUT2D eigenvalue weighted by Gasteiger charge is 2.03. The van der Waals surface area contributed by atoms with Crippen LogP contribution in [0.25, 0.3) is 0 Å². The molecule has 96 valence electrons. The van der Waals surface area contributed by atoms with Gasteiger partial charge in [-0.2, -0.15) is 0 Å². The Morgan fingerprint density at radius 2 is 1.32 bits per heavy atom. The zero-order valence-corrected chi connectivity index (χ0v) is 11.2. The maximum Gasteiger partial charge on any atom is 0.104 e. The van der Waals surface area contributed by atoms with Crippen LogP contribution in [0.1, 0.15) is 6.42 Å². The lowest BCUT2D eigenvalue weighted by atomic mass is 10.3. The number of hydrogen-bond acceptors (Lipinski definition) is 2. The quantitative estimate of drug-likeness (QED) is 0.448. The van der Waals surface area contributed by atoms with Gasteiger partial charge in [-0.15, -0.1) is 0 Å². The van der Waals surface area contributed by atoms with E-state index in [4.69, 9.17) is 17.6 Å². The number of benzene rings is 2. The van der Waals surface area contributed by atoms with Crippen molar-refractivity contribution < 1.29 is 0 Å². The lowest BCUT2D eigenvalue weighted by Crippen LogP contribution is -2.19. The number of hydrogen-bond donors (Lipinski definition) is 3. The van der Waals surface area contributed by atoms with Crippen molar-refractivity contribution in [2.45, 2.75) is 6.42 Å². The summed E-state index contributed by atoms with van der Waals surface area (Å²) in [5.74, 6) is 0.375. The van der Waals surface area contributed by atoms with Crippen LogP contribution in [0.15, 0.2) is 60.7 Å². The maximum atomic E-state index is 7.88. The van der Waals surface area contributed by atoms with Crippen molar-refractivity contribution in [2.24, 2.45) is 0 Å². The molecule has 0 aliphatic heterocycles. The molecule has 0 unspecified atom stereocenters. The molecule has 2 aromatic carbocycles. The first kappa shape index (κ1) is 13.2. The van der Waals surface area contributed by atoms with Gasteiger partial charge in [-0.25, -0.2) is 0 Å². The molecule has 0 heterocycles. The summed E-state index contributed by atoms with van der Waals surface area (Å²) in [4.78, 5) is 0.625. The highest BCUT2D eigenvalue weighted by atomic mass is 32.1. The predicted molar refractivity (Wildman–Crippen MR) is 85.1 cm³/mol. The van der Waals surface area contributed by atoms with Gasteiger partial charge in [-0.1, -0.05) is 48.6 Å². The molecule has 0 saturated heterocycles. The molecule has 4 heteroatoms. The smallest absolute Gasteiger partial charge is 0.104 e. The zero-order chi connectivity index (χ0) is 13.5. The summed E-state index contributed by atoms with van der Waals surface area (Å²) in [7, 11) is 0. The van der Waals surface area contributed by atoms with Crippen molar-refractivity contribution in [2.75, 3.05) is 10.6 Å². The second-order valence-electron chi connectivity index (χ2n) is 4.06. The first-order valence-corrected chi connectivity index (χ1v) is 6.39. The molecule has 0 amide bonds. The van der Waals surface area contributed by atoms with Crippen LogP contribution in [-0.4, -0.2) is 10.8 Å². The van der Waals surface area contributed by atoms with Crippen molar-refractivity contribution in [1.82, 2.24) is 0 Å². The van der Waals surface area contributed by atoms with E-state index in [1.807, 2.05) is 60.7 Å². The summed E-state index contributed by atoms with van der Waals surface area (Å²) in [6.07, 6.45) is 0.388. The van der Waals surface area contributed by atoms with Crippen LogP contribution in [0.3, 0.4) is 0 Å². The molecule has 0 fully saturated rings. The van der Waals surface area contributed by atoms with Gasteiger partial charge >= 0.3 is 0 Å². The molecule has 3 nitrogen and oxygen atoms in total. The van der Waals surface area contributed by atoms with Crippen LogP contribution in [0, 0.1) is 5.41 Å². The van der Waals surface area contributed by atoms with E-state index in [2.05, 4.69) is 10.6 Å². The van der Waals surface area contributed by atoms with Crippen LogP contribution in [-0.2, 0) is 0 Å². The Kier molecular flexibility index (Phi) is 4.64. The Balaban J connectivity index is 1.84. The van der Waals surface area contributed by atoms with Gasteiger partial charge in [0.15, 0.2) is 0 Å². The summed E-state index contributed by atoms with van der Waals surface area (Å²) < 4.78 is 0. The van der Waals surface area contributed by atoms with Crippen LogP contribution in [0.4, 0.5) is 11.4 Å². The van der Waals surface area contributed by atoms with Crippen LogP contribution >= 0.6 is 12.2 Å². The average molecular weight is 269 g/mol. The highest BCUT2D eigenvalue weighted by Crippen LogP contribution is 2.08. The molecule has 0 aliphatic rings. The Bertz CT molecular complexity index is 501. The Labute approximate surface area is 118 Å². The third kappa shape index (κ3) is 4.52. The van der Waals surface area contributed by atoms with Gasteiger partial charge in [-0.3, -0.25) is 5.41 Å². The molecular weight excluding hydrogens is 254 g/mol. The minimum Gasteiger partial charge on any atom is -0.350 e. The normalized spacial score (nSPS) is 9.68. The number of anilines is 2. The van der Waals surface area contributed by atoms with Gasteiger partial charge in [-0.05, 0) is 24.3 Å². The highest BCUT2D eigenvalue weighted by molar-refractivity contribution is 7.80. The molecular formula is C15H15N3S. The fourth-order valence-corrected chi connectivity index (χ4v) is 1.89. The van der Waals surface area contributed by atoms with Crippen molar-refractivity contribution in [3.8, 4) is 0 Å². The number of rotatable bonds is 4. The van der Waals surface area contributed by atoms with Gasteiger partial charge in [0, 0.05) is 11.4 Å². The van der Waals surface area contributed by atoms with Gasteiger partial charge in [0.05, 0.1) is 11.4 Å². The van der Waals surface area contributed by atoms with Crippen molar-refractivity contribution >= 4 is 34.4 Å². The second-order valence-corrected chi connectivity index (χ2v) is 4.55. The first-order valence-electron chi connectivity index (χ1n) is 5.98. The molecule has 0 aromatic heterocycles. The van der Waals surface area contributed by atoms with Gasteiger partial charge < -0.3 is 10.6 Å². The summed E-state index contributed by atoms with van der Waals surface area (Å²) in [6.45, 7) is 0. The van der Waals surface area contributed by atoms with E-state index in [1.54, 1.807) is 0 Å². The minimum absolute atomic E-state index is 0.375. The van der Waals surface area contributed by atoms with Crippen LogP contribution in [0.5, 0.6) is 0 Å². The molecule has 0 saturated carbocycles. The van der Waals surface area contributed by atoms with E-state index in [0.717, 1.165) is 11.4 Å². The topological polar surface area (TPSA) is 47.9 Å². The van der Waals surface area contributed by atoms with Crippen molar-refractivity contribution in [1.29, 1.82) is 5.41 Å². The van der Waals surface area contributed by atoms with Gasteiger partial charge in [0.1, 0.15) is 5.84 Å². The van der Waals surface area contributed by atoms with Crippen molar-refractivity contribution in [3.63, 3.8) is 0 Å². The SMILES string of the molecule is N=C(CC(=S)Nc1ccccc1)Nc1ccccc1. The number of nitrogens with one attached hydrogen (secondary N) is 3. The molecule has 3 N–H and O–H groups in total. The molecule has 2 aromatic rings. The molecule has 0 radical (unpaired) electrons. The summed E-state index contributed by atoms with van der Waals surface area (Å²) >= 11 is 5.24. The van der Waals surface area contributed by atoms with E-state index in [1.165, 1.54) is 0 Å². The number of para-hydroxylation sites is 2. The Morgan fingerprint density at radius 1 is 0.842 bits per heavy atom. The maximum absolute atomic E-state index is 7.88. The van der Waals surface area contributed by atoms with E-state index in [0.29, 0.717) is 17.2 Å². The van der Waals surface area contributed by atoms with Gasteiger partial charge in [0.2, 0.25) is 0 Å². The monoisotopic (exact) mass is 269 g/mol. The third-order valence-electron chi connectivity index (χ3n) is 2.46. The molecule has 19 heavy (non-hydrogen) atoms. The number of amidine groups is 1. The Morgan fingerprint density at radius 3 is 1.84 bits per heavy atom. The summed E-state index contributed by atoms with van der Waals surface area (Å²) in [5, 5.41) is 14.0. The largest absolute Gasteiger partial charge is 0.350 e. The lowest BCUT2D eigenvalue weighted by molar-refractivity contribution is 1.38. The summed E-state index contributed by atoms with van der Waals surface area (Å²) in [5.41, 5.74) is 1.84. The standard InChI is InChI=1S/C15H15N3S/c16-14(17-12-7-3-1-4-8-12)11-15(19)18-13-9-5-2-6-10-13/h1-10H,11H2,(H2,16,17)(H,18,19). The number of thiocarbonyl (C=S) groups is 1. The van der Waals surface area contributed by atoms with E-state index < -0.39 is 0 Å². The molecule has 0 bridgehead atoms.